The predicted octanol–water partition coefficient (Wildman–Crippen LogP) is 2.15. The highest BCUT2D eigenvalue weighted by atomic mass is 32.1. The lowest BCUT2D eigenvalue weighted by Crippen LogP contribution is -2.22. The Kier molecular flexibility index (Phi) is 3.57. The minimum atomic E-state index is -0.487. The summed E-state index contributed by atoms with van der Waals surface area (Å²) in [6.45, 7) is 0. The number of rotatable bonds is 3. The van der Waals surface area contributed by atoms with Crippen molar-refractivity contribution in [3.05, 3.63) is 64.0 Å². The Balaban J connectivity index is 1.81. The van der Waals surface area contributed by atoms with E-state index in [-0.39, 0.29) is 5.56 Å². The fourth-order valence-electron chi connectivity index (χ4n) is 1.73. The zero-order chi connectivity index (χ0) is 14.7. The molecule has 3 rings (SSSR count). The average Bonchev–Trinajstić information content (AvgIpc) is 2.97. The summed E-state index contributed by atoms with van der Waals surface area (Å²) in [6, 6.07) is 8.57. The number of H-pyrrole nitrogens is 1. The first-order valence-corrected chi connectivity index (χ1v) is 6.98. The molecule has 0 spiro atoms. The van der Waals surface area contributed by atoms with Gasteiger partial charge in [0, 0.05) is 17.8 Å². The number of nitrogens with zero attached hydrogens (tertiary/aromatic N) is 2. The van der Waals surface area contributed by atoms with E-state index in [2.05, 4.69) is 20.3 Å². The summed E-state index contributed by atoms with van der Waals surface area (Å²) in [4.78, 5) is 34.5. The molecular formula is C14H10N4O2S. The van der Waals surface area contributed by atoms with Crippen LogP contribution in [-0.2, 0) is 0 Å². The molecule has 1 amide bonds. The molecule has 0 radical (unpaired) electrons. The molecule has 0 aliphatic heterocycles. The van der Waals surface area contributed by atoms with Gasteiger partial charge in [-0.25, -0.2) is 4.98 Å². The Hall–Kier alpha value is -2.80. The van der Waals surface area contributed by atoms with Crippen molar-refractivity contribution >= 4 is 22.4 Å². The largest absolute Gasteiger partial charge is 0.328 e. The maximum atomic E-state index is 12.0. The van der Waals surface area contributed by atoms with E-state index >= 15 is 0 Å². The third-order valence-electron chi connectivity index (χ3n) is 2.71. The maximum absolute atomic E-state index is 12.0. The minimum absolute atomic E-state index is 0.0482. The molecule has 3 heterocycles. The fourth-order valence-corrected chi connectivity index (χ4v) is 2.43. The van der Waals surface area contributed by atoms with E-state index in [0.717, 1.165) is 5.69 Å². The molecule has 0 aliphatic carbocycles. The van der Waals surface area contributed by atoms with E-state index in [1.165, 1.54) is 23.6 Å². The lowest BCUT2D eigenvalue weighted by molar-refractivity contribution is 0.102. The van der Waals surface area contributed by atoms with Crippen molar-refractivity contribution in [1.82, 2.24) is 15.0 Å². The molecule has 0 saturated carbocycles. The Morgan fingerprint density at radius 3 is 2.86 bits per heavy atom. The van der Waals surface area contributed by atoms with Crippen LogP contribution in [0.1, 0.15) is 10.4 Å². The van der Waals surface area contributed by atoms with Gasteiger partial charge in [-0.2, -0.15) is 0 Å². The Morgan fingerprint density at radius 1 is 1.19 bits per heavy atom. The number of pyridine rings is 2. The molecule has 0 bridgehead atoms. The number of thiazole rings is 1. The first-order valence-electron chi connectivity index (χ1n) is 6.10. The molecule has 0 atom stereocenters. The van der Waals surface area contributed by atoms with Crippen LogP contribution in [-0.4, -0.2) is 20.9 Å². The van der Waals surface area contributed by atoms with E-state index in [1.807, 2.05) is 18.2 Å². The normalized spacial score (nSPS) is 10.3. The molecule has 0 fully saturated rings. The molecule has 0 saturated heterocycles. The van der Waals surface area contributed by atoms with Crippen LogP contribution in [0.2, 0.25) is 0 Å². The summed E-state index contributed by atoms with van der Waals surface area (Å²) in [5, 5.41) is 4.83. The Morgan fingerprint density at radius 2 is 2.10 bits per heavy atom. The summed E-state index contributed by atoms with van der Waals surface area (Å²) in [6.07, 6.45) is 3.15. The summed E-state index contributed by atoms with van der Waals surface area (Å²) in [5.41, 5.74) is 1.02. The van der Waals surface area contributed by atoms with Gasteiger partial charge in [0.05, 0.1) is 5.69 Å². The smallest absolute Gasteiger partial charge is 0.263 e. The predicted molar refractivity (Wildman–Crippen MR) is 80.4 cm³/mol. The average molecular weight is 298 g/mol. The van der Waals surface area contributed by atoms with Crippen LogP contribution in [0.3, 0.4) is 0 Å². The standard InChI is InChI=1S/C14H10N4O2S/c19-12-9(4-3-7-16-12)13(20)18-14-17-11(8-21-14)10-5-1-2-6-15-10/h1-8H,(H,16,19)(H,17,18,20). The van der Waals surface area contributed by atoms with Crippen LogP contribution in [0.25, 0.3) is 11.4 Å². The second kappa shape index (κ2) is 5.68. The number of hydrogen-bond acceptors (Lipinski definition) is 5. The molecule has 3 aromatic rings. The maximum Gasteiger partial charge on any atom is 0.263 e. The number of carbonyl (C=O) groups excluding carboxylic acids is 1. The quantitative estimate of drug-likeness (QED) is 0.775. The summed E-state index contributed by atoms with van der Waals surface area (Å²) >= 11 is 1.28. The Bertz CT molecular complexity index is 826. The zero-order valence-corrected chi connectivity index (χ0v) is 11.6. The second-order valence-corrected chi connectivity index (χ2v) is 4.98. The topological polar surface area (TPSA) is 87.7 Å². The number of anilines is 1. The van der Waals surface area contributed by atoms with Crippen LogP contribution in [0.15, 0.2) is 52.9 Å². The zero-order valence-electron chi connectivity index (χ0n) is 10.7. The van der Waals surface area contributed by atoms with E-state index in [4.69, 9.17) is 0 Å². The molecule has 0 aliphatic rings. The number of aromatic nitrogens is 3. The summed E-state index contributed by atoms with van der Waals surface area (Å²) < 4.78 is 0. The van der Waals surface area contributed by atoms with Crippen LogP contribution in [0, 0.1) is 0 Å². The van der Waals surface area contributed by atoms with Gasteiger partial charge in [0.1, 0.15) is 11.3 Å². The molecule has 0 aromatic carbocycles. The molecular weight excluding hydrogens is 288 g/mol. The van der Waals surface area contributed by atoms with Crippen molar-refractivity contribution in [2.24, 2.45) is 0 Å². The third-order valence-corrected chi connectivity index (χ3v) is 3.47. The molecule has 2 N–H and O–H groups in total. The van der Waals surface area contributed by atoms with Gasteiger partial charge in [0.2, 0.25) is 0 Å². The van der Waals surface area contributed by atoms with E-state index in [9.17, 15) is 9.59 Å². The Labute approximate surface area is 123 Å². The minimum Gasteiger partial charge on any atom is -0.328 e. The van der Waals surface area contributed by atoms with E-state index in [1.54, 1.807) is 17.6 Å². The SMILES string of the molecule is O=C(Nc1nc(-c2ccccn2)cs1)c1ccc[nH]c1=O. The second-order valence-electron chi connectivity index (χ2n) is 4.12. The van der Waals surface area contributed by atoms with Crippen molar-refractivity contribution in [1.29, 1.82) is 0 Å². The van der Waals surface area contributed by atoms with Crippen molar-refractivity contribution < 1.29 is 4.79 Å². The lowest BCUT2D eigenvalue weighted by Gasteiger charge is -2.00. The molecule has 104 valence electrons. The van der Waals surface area contributed by atoms with Gasteiger partial charge >= 0.3 is 0 Å². The summed E-state index contributed by atoms with van der Waals surface area (Å²) in [5.74, 6) is -0.487. The highest BCUT2D eigenvalue weighted by Crippen LogP contribution is 2.23. The van der Waals surface area contributed by atoms with Gasteiger partial charge in [-0.15, -0.1) is 11.3 Å². The first-order chi connectivity index (χ1) is 10.2. The van der Waals surface area contributed by atoms with Crippen LogP contribution in [0.4, 0.5) is 5.13 Å². The van der Waals surface area contributed by atoms with Gasteiger partial charge < -0.3 is 4.98 Å². The van der Waals surface area contributed by atoms with Gasteiger partial charge in [0.25, 0.3) is 11.5 Å². The number of nitrogens with one attached hydrogen (secondary N) is 2. The lowest BCUT2D eigenvalue weighted by atomic mass is 10.2. The number of amides is 1. The molecule has 6 nitrogen and oxygen atoms in total. The van der Waals surface area contributed by atoms with Crippen molar-refractivity contribution in [2.45, 2.75) is 0 Å². The third kappa shape index (κ3) is 2.87. The van der Waals surface area contributed by atoms with Crippen LogP contribution >= 0.6 is 11.3 Å². The highest BCUT2D eigenvalue weighted by Gasteiger charge is 2.12. The fraction of sp³-hybridized carbons (Fsp3) is 0. The van der Waals surface area contributed by atoms with Crippen molar-refractivity contribution in [3.8, 4) is 11.4 Å². The van der Waals surface area contributed by atoms with Crippen LogP contribution in [0.5, 0.6) is 0 Å². The number of aromatic amines is 1. The first kappa shape index (κ1) is 13.2. The van der Waals surface area contributed by atoms with Crippen molar-refractivity contribution in [3.63, 3.8) is 0 Å². The highest BCUT2D eigenvalue weighted by molar-refractivity contribution is 7.14. The van der Waals surface area contributed by atoms with E-state index in [0.29, 0.717) is 10.8 Å². The van der Waals surface area contributed by atoms with Gasteiger partial charge in [0.15, 0.2) is 5.13 Å². The van der Waals surface area contributed by atoms with Crippen LogP contribution < -0.4 is 10.9 Å². The van der Waals surface area contributed by atoms with Gasteiger partial charge in [-0.1, -0.05) is 6.07 Å². The van der Waals surface area contributed by atoms with Crippen molar-refractivity contribution in [2.75, 3.05) is 5.32 Å². The molecule has 3 aromatic heterocycles. The monoisotopic (exact) mass is 298 g/mol. The van der Waals surface area contributed by atoms with Gasteiger partial charge in [-0.05, 0) is 24.3 Å². The molecule has 0 unspecified atom stereocenters. The van der Waals surface area contributed by atoms with E-state index < -0.39 is 11.5 Å². The van der Waals surface area contributed by atoms with Gasteiger partial charge in [-0.3, -0.25) is 19.9 Å². The molecule has 21 heavy (non-hydrogen) atoms. The number of hydrogen-bond donors (Lipinski definition) is 2. The molecule has 7 heteroatoms. The number of carbonyl (C=O) groups is 1. The summed E-state index contributed by atoms with van der Waals surface area (Å²) in [7, 11) is 0.